The molecular weight excluding hydrogens is 260 g/mol. The molecule has 0 aromatic carbocycles. The van der Waals surface area contributed by atoms with Gasteiger partial charge in [-0.05, 0) is 19.8 Å². The summed E-state index contributed by atoms with van der Waals surface area (Å²) >= 11 is 4.65. The van der Waals surface area contributed by atoms with E-state index in [9.17, 15) is 8.42 Å². The van der Waals surface area contributed by atoms with Crippen LogP contribution < -0.4 is 10.5 Å². The number of hydrogen-bond donors (Lipinski definition) is 2. The van der Waals surface area contributed by atoms with E-state index in [0.717, 1.165) is 19.4 Å². The molecule has 0 aliphatic carbocycles. The average Bonchev–Trinajstić information content (AvgIpc) is 2.26. The van der Waals surface area contributed by atoms with Crippen molar-refractivity contribution >= 4 is 27.2 Å². The number of unbranched alkanes of at least 4 members (excludes halogenated alkanes) is 1. The molecule has 1 unspecified atom stereocenters. The fourth-order valence-electron chi connectivity index (χ4n) is 1.02. The Morgan fingerprint density at radius 2 is 2.00 bits per heavy atom. The predicted molar refractivity (Wildman–Crippen MR) is 73.5 cm³/mol. The Bertz CT molecular complexity index is 318. The maximum Gasteiger partial charge on any atom is 0.220 e. The molecule has 0 saturated heterocycles. The van der Waals surface area contributed by atoms with Gasteiger partial charge in [-0.3, -0.25) is 0 Å². The molecule has 0 amide bonds. The lowest BCUT2D eigenvalue weighted by Crippen LogP contribution is -2.40. The molecule has 5 nitrogen and oxygen atoms in total. The molecule has 0 aliphatic heterocycles. The summed E-state index contributed by atoms with van der Waals surface area (Å²) in [5.74, 6) is 0. The van der Waals surface area contributed by atoms with E-state index in [2.05, 4.69) is 23.9 Å². The summed E-state index contributed by atoms with van der Waals surface area (Å²) < 4.78 is 30.9. The first-order chi connectivity index (χ1) is 7.91. The fourth-order valence-corrected chi connectivity index (χ4v) is 2.38. The molecule has 0 aliphatic rings. The minimum atomic E-state index is -3.43. The molecule has 0 aromatic rings. The predicted octanol–water partition coefficient (Wildman–Crippen LogP) is 0.787. The van der Waals surface area contributed by atoms with Gasteiger partial charge in [-0.25, -0.2) is 13.1 Å². The minimum absolute atomic E-state index is 0.0169. The highest BCUT2D eigenvalue weighted by Gasteiger charge is 2.22. The van der Waals surface area contributed by atoms with Crippen LogP contribution in [0.25, 0.3) is 0 Å². The van der Waals surface area contributed by atoms with E-state index in [1.807, 2.05) is 0 Å². The molecular formula is C10H22N2O3S2. The fraction of sp³-hybridized carbons (Fsp3) is 0.900. The Morgan fingerprint density at radius 1 is 1.41 bits per heavy atom. The molecule has 3 N–H and O–H groups in total. The molecule has 17 heavy (non-hydrogen) atoms. The average molecular weight is 282 g/mol. The molecule has 0 heterocycles. The molecule has 0 rings (SSSR count). The van der Waals surface area contributed by atoms with Crippen molar-refractivity contribution in [2.24, 2.45) is 5.73 Å². The topological polar surface area (TPSA) is 81.4 Å². The summed E-state index contributed by atoms with van der Waals surface area (Å²) in [4.78, 5) is -0.0169. The van der Waals surface area contributed by atoms with Gasteiger partial charge in [0, 0.05) is 19.8 Å². The Kier molecular flexibility index (Phi) is 8.67. The third kappa shape index (κ3) is 7.64. The lowest BCUT2D eigenvalue weighted by atomic mass is 10.4. The van der Waals surface area contributed by atoms with Crippen LogP contribution in [0.3, 0.4) is 0 Å². The van der Waals surface area contributed by atoms with Crippen molar-refractivity contribution in [1.29, 1.82) is 0 Å². The van der Waals surface area contributed by atoms with Crippen LogP contribution in [0.2, 0.25) is 0 Å². The smallest absolute Gasteiger partial charge is 0.220 e. The molecule has 0 saturated carbocycles. The number of thiocarbonyl (C=S) groups is 1. The minimum Gasteiger partial charge on any atom is -0.392 e. The number of nitrogens with one attached hydrogen (secondary N) is 1. The second-order valence-corrected chi connectivity index (χ2v) is 6.36. The number of sulfonamides is 1. The molecule has 1 atom stereocenters. The van der Waals surface area contributed by atoms with E-state index in [4.69, 9.17) is 10.5 Å². The first-order valence-electron chi connectivity index (χ1n) is 5.77. The maximum atomic E-state index is 11.6. The van der Waals surface area contributed by atoms with Gasteiger partial charge in [0.2, 0.25) is 10.0 Å². The molecule has 7 heteroatoms. The van der Waals surface area contributed by atoms with Crippen molar-refractivity contribution in [1.82, 2.24) is 4.72 Å². The van der Waals surface area contributed by atoms with Gasteiger partial charge < -0.3 is 10.5 Å². The van der Waals surface area contributed by atoms with E-state index in [-0.39, 0.29) is 4.99 Å². The second kappa shape index (κ2) is 8.79. The van der Waals surface area contributed by atoms with Crippen LogP contribution >= 0.6 is 12.2 Å². The van der Waals surface area contributed by atoms with Crippen LogP contribution in [0.15, 0.2) is 0 Å². The van der Waals surface area contributed by atoms with Crippen molar-refractivity contribution in [2.75, 3.05) is 19.8 Å². The van der Waals surface area contributed by atoms with Gasteiger partial charge in [0.25, 0.3) is 0 Å². The Hall–Kier alpha value is -0.240. The van der Waals surface area contributed by atoms with Crippen molar-refractivity contribution < 1.29 is 13.2 Å². The third-order valence-electron chi connectivity index (χ3n) is 2.28. The number of rotatable bonds is 10. The van der Waals surface area contributed by atoms with Crippen LogP contribution in [0.5, 0.6) is 0 Å². The van der Waals surface area contributed by atoms with Gasteiger partial charge in [0.05, 0.1) is 4.99 Å². The highest BCUT2D eigenvalue weighted by atomic mass is 32.2. The van der Waals surface area contributed by atoms with Crippen molar-refractivity contribution in [3.8, 4) is 0 Å². The normalized spacial score (nSPS) is 13.5. The van der Waals surface area contributed by atoms with E-state index >= 15 is 0 Å². The van der Waals surface area contributed by atoms with Gasteiger partial charge in [-0.15, -0.1) is 0 Å². The van der Waals surface area contributed by atoms with E-state index in [1.165, 1.54) is 6.92 Å². The van der Waals surface area contributed by atoms with Crippen LogP contribution in [0.1, 0.15) is 33.1 Å². The van der Waals surface area contributed by atoms with Gasteiger partial charge >= 0.3 is 0 Å². The van der Waals surface area contributed by atoms with E-state index < -0.39 is 15.3 Å². The summed E-state index contributed by atoms with van der Waals surface area (Å²) in [5.41, 5.74) is 5.29. The highest BCUT2D eigenvalue weighted by molar-refractivity contribution is 7.93. The van der Waals surface area contributed by atoms with Gasteiger partial charge in [-0.2, -0.15) is 0 Å². The van der Waals surface area contributed by atoms with Crippen molar-refractivity contribution in [3.05, 3.63) is 0 Å². The van der Waals surface area contributed by atoms with Gasteiger partial charge in [-0.1, -0.05) is 25.6 Å². The molecule has 0 radical (unpaired) electrons. The van der Waals surface area contributed by atoms with E-state index in [0.29, 0.717) is 19.6 Å². The number of ether oxygens (including phenoxy) is 1. The zero-order chi connectivity index (χ0) is 13.3. The lowest BCUT2D eigenvalue weighted by molar-refractivity contribution is 0.130. The van der Waals surface area contributed by atoms with Crippen molar-refractivity contribution in [2.45, 2.75) is 38.4 Å². The summed E-state index contributed by atoms with van der Waals surface area (Å²) in [5, 5.41) is -0.835. The summed E-state index contributed by atoms with van der Waals surface area (Å²) in [6.45, 7) is 5.20. The van der Waals surface area contributed by atoms with Crippen molar-refractivity contribution in [3.63, 3.8) is 0 Å². The quantitative estimate of drug-likeness (QED) is 0.457. The standard InChI is InChI=1S/C10H22N2O3S2/c1-3-4-7-15-8-5-6-12-17(13,14)9(2)10(11)16/h9,12H,3-8H2,1-2H3,(H2,11,16). The van der Waals surface area contributed by atoms with Crippen LogP contribution in [0, 0.1) is 0 Å². The van der Waals surface area contributed by atoms with Gasteiger partial charge in [0.15, 0.2) is 0 Å². The number of nitrogens with two attached hydrogens (primary N) is 1. The number of hydrogen-bond acceptors (Lipinski definition) is 4. The molecule has 102 valence electrons. The molecule has 0 bridgehead atoms. The summed E-state index contributed by atoms with van der Waals surface area (Å²) in [6, 6.07) is 0. The van der Waals surface area contributed by atoms with Crippen LogP contribution in [-0.4, -0.2) is 38.4 Å². The van der Waals surface area contributed by atoms with E-state index in [1.54, 1.807) is 0 Å². The van der Waals surface area contributed by atoms with Crippen LogP contribution in [0.4, 0.5) is 0 Å². The first-order valence-corrected chi connectivity index (χ1v) is 7.72. The second-order valence-electron chi connectivity index (χ2n) is 3.80. The van der Waals surface area contributed by atoms with Gasteiger partial charge in [0.1, 0.15) is 5.25 Å². The summed E-state index contributed by atoms with van der Waals surface area (Å²) in [6.07, 6.45) is 2.77. The molecule has 0 spiro atoms. The molecule has 0 fully saturated rings. The van der Waals surface area contributed by atoms with Crippen LogP contribution in [-0.2, 0) is 14.8 Å². The third-order valence-corrected chi connectivity index (χ3v) is 4.57. The highest BCUT2D eigenvalue weighted by Crippen LogP contribution is 1.98. The summed E-state index contributed by atoms with van der Waals surface area (Å²) in [7, 11) is -3.43. The Labute approximate surface area is 109 Å². The lowest BCUT2D eigenvalue weighted by Gasteiger charge is -2.12. The zero-order valence-corrected chi connectivity index (χ0v) is 12.1. The largest absolute Gasteiger partial charge is 0.392 e. The zero-order valence-electron chi connectivity index (χ0n) is 10.4. The monoisotopic (exact) mass is 282 g/mol. The Balaban J connectivity index is 3.70. The molecule has 0 aromatic heterocycles. The Morgan fingerprint density at radius 3 is 2.53 bits per heavy atom. The SMILES string of the molecule is CCCCOCCCNS(=O)(=O)C(C)C(N)=S. The maximum absolute atomic E-state index is 11.6. The first kappa shape index (κ1) is 16.8.